The minimum Gasteiger partial charge on any atom is -0.465 e. The summed E-state index contributed by atoms with van der Waals surface area (Å²) < 4.78 is 5.06. The number of nitrogens with zero attached hydrogens (tertiary/aromatic N) is 1. The maximum atomic E-state index is 13.8. The number of hydrogen-bond acceptors (Lipinski definition) is 5. The van der Waals surface area contributed by atoms with Gasteiger partial charge in [-0.15, -0.1) is 11.3 Å². The van der Waals surface area contributed by atoms with Crippen LogP contribution in [0.1, 0.15) is 26.3 Å². The molecule has 0 bridgehead atoms. The lowest BCUT2D eigenvalue weighted by Gasteiger charge is -2.15. The van der Waals surface area contributed by atoms with Crippen LogP contribution in [0.15, 0.2) is 90.3 Å². The zero-order valence-corrected chi connectivity index (χ0v) is 20.1. The van der Waals surface area contributed by atoms with E-state index in [1.165, 1.54) is 18.4 Å². The topological polar surface area (TPSA) is 68.3 Å². The Hall–Kier alpha value is -4.29. The van der Waals surface area contributed by atoms with Gasteiger partial charge in [-0.25, -0.2) is 9.78 Å². The van der Waals surface area contributed by atoms with Crippen LogP contribution in [0, 0.1) is 6.92 Å². The summed E-state index contributed by atoms with van der Waals surface area (Å²) in [6.45, 7) is 1.90. The Morgan fingerprint density at radius 2 is 1.46 bits per heavy atom. The van der Waals surface area contributed by atoms with Gasteiger partial charge >= 0.3 is 5.97 Å². The standard InChI is InChI=1S/C29H22N2O3S/c1-18-24(21-15-9-10-16-23(21)30-26(18)20-13-7-4-8-14-20)27(32)31-28-25(29(33)34-2)22(17-35-28)19-11-5-3-6-12-19/h3-17H,1-2H3,(H,31,32). The number of methoxy groups -OCH3 is 1. The minimum atomic E-state index is -0.498. The summed E-state index contributed by atoms with van der Waals surface area (Å²) in [6.07, 6.45) is 0. The number of carbonyl (C=O) groups excluding carboxylic acids is 2. The number of para-hydroxylation sites is 1. The van der Waals surface area contributed by atoms with Crippen molar-refractivity contribution in [2.75, 3.05) is 12.4 Å². The van der Waals surface area contributed by atoms with E-state index >= 15 is 0 Å². The summed E-state index contributed by atoms with van der Waals surface area (Å²) in [6, 6.07) is 27.0. The molecular formula is C29H22N2O3S. The second-order valence-corrected chi connectivity index (χ2v) is 8.89. The van der Waals surface area contributed by atoms with Crippen molar-refractivity contribution < 1.29 is 14.3 Å². The van der Waals surface area contributed by atoms with E-state index in [9.17, 15) is 9.59 Å². The van der Waals surface area contributed by atoms with E-state index in [1.54, 1.807) is 0 Å². The number of aromatic nitrogens is 1. The second kappa shape index (κ2) is 9.52. The molecule has 0 spiro atoms. The molecule has 172 valence electrons. The van der Waals surface area contributed by atoms with Crippen molar-refractivity contribution in [3.63, 3.8) is 0 Å². The molecule has 35 heavy (non-hydrogen) atoms. The van der Waals surface area contributed by atoms with Crippen molar-refractivity contribution in [1.82, 2.24) is 4.98 Å². The van der Waals surface area contributed by atoms with Crippen LogP contribution in [0.2, 0.25) is 0 Å². The molecule has 0 radical (unpaired) electrons. The van der Waals surface area contributed by atoms with Crippen LogP contribution in [0.4, 0.5) is 5.00 Å². The largest absolute Gasteiger partial charge is 0.465 e. The van der Waals surface area contributed by atoms with Crippen LogP contribution >= 0.6 is 11.3 Å². The lowest BCUT2D eigenvalue weighted by atomic mass is 9.97. The van der Waals surface area contributed by atoms with Crippen LogP contribution in [-0.4, -0.2) is 24.0 Å². The maximum absolute atomic E-state index is 13.8. The first-order chi connectivity index (χ1) is 17.1. The molecule has 5 aromatic rings. The van der Waals surface area contributed by atoms with Gasteiger partial charge in [0, 0.05) is 21.9 Å². The fourth-order valence-corrected chi connectivity index (χ4v) is 5.18. The van der Waals surface area contributed by atoms with Crippen molar-refractivity contribution >= 4 is 39.1 Å². The van der Waals surface area contributed by atoms with Crippen LogP contribution in [-0.2, 0) is 4.74 Å². The molecule has 6 heteroatoms. The van der Waals surface area contributed by atoms with E-state index in [4.69, 9.17) is 9.72 Å². The number of amides is 1. The highest BCUT2D eigenvalue weighted by Gasteiger charge is 2.25. The molecule has 2 aromatic heterocycles. The van der Waals surface area contributed by atoms with Crippen molar-refractivity contribution in [2.24, 2.45) is 0 Å². The molecule has 0 unspecified atom stereocenters. The Balaban J connectivity index is 1.63. The zero-order valence-electron chi connectivity index (χ0n) is 19.2. The fraction of sp³-hybridized carbons (Fsp3) is 0.0690. The van der Waals surface area contributed by atoms with Crippen LogP contribution in [0.25, 0.3) is 33.3 Å². The molecule has 0 fully saturated rings. The van der Waals surface area contributed by atoms with E-state index in [1.807, 2.05) is 97.2 Å². The van der Waals surface area contributed by atoms with Crippen molar-refractivity contribution in [3.05, 3.63) is 107 Å². The molecular weight excluding hydrogens is 456 g/mol. The molecule has 0 saturated carbocycles. The van der Waals surface area contributed by atoms with Crippen molar-refractivity contribution in [2.45, 2.75) is 6.92 Å². The highest BCUT2D eigenvalue weighted by Crippen LogP contribution is 2.37. The molecule has 1 N–H and O–H groups in total. The fourth-order valence-electron chi connectivity index (χ4n) is 4.23. The zero-order chi connectivity index (χ0) is 24.4. The number of esters is 1. The Kier molecular flexibility index (Phi) is 6.12. The van der Waals surface area contributed by atoms with Crippen molar-refractivity contribution in [3.8, 4) is 22.4 Å². The van der Waals surface area contributed by atoms with Crippen LogP contribution in [0.3, 0.4) is 0 Å². The number of carbonyl (C=O) groups is 2. The quantitative estimate of drug-likeness (QED) is 0.277. The number of pyridine rings is 1. The average Bonchev–Trinajstić information content (AvgIpc) is 3.32. The summed E-state index contributed by atoms with van der Waals surface area (Å²) in [7, 11) is 1.34. The van der Waals surface area contributed by atoms with E-state index < -0.39 is 5.97 Å². The highest BCUT2D eigenvalue weighted by molar-refractivity contribution is 7.15. The Morgan fingerprint density at radius 1 is 0.829 bits per heavy atom. The summed E-state index contributed by atoms with van der Waals surface area (Å²) in [5.74, 6) is -0.799. The van der Waals surface area contributed by atoms with Gasteiger partial charge in [-0.2, -0.15) is 0 Å². The third-order valence-corrected chi connectivity index (χ3v) is 6.80. The van der Waals surface area contributed by atoms with Gasteiger partial charge in [0.05, 0.1) is 23.9 Å². The van der Waals surface area contributed by atoms with E-state index in [0.29, 0.717) is 16.1 Å². The normalized spacial score (nSPS) is 10.8. The van der Waals surface area contributed by atoms with E-state index in [-0.39, 0.29) is 5.91 Å². The lowest BCUT2D eigenvalue weighted by molar-refractivity contribution is 0.0603. The maximum Gasteiger partial charge on any atom is 0.341 e. The van der Waals surface area contributed by atoms with Gasteiger partial charge in [0.25, 0.3) is 5.91 Å². The third kappa shape index (κ3) is 4.20. The second-order valence-electron chi connectivity index (χ2n) is 8.01. The molecule has 0 aliphatic rings. The van der Waals surface area contributed by atoms with E-state index in [0.717, 1.165) is 38.9 Å². The smallest absolute Gasteiger partial charge is 0.341 e. The molecule has 0 aliphatic carbocycles. The predicted molar refractivity (Wildman–Crippen MR) is 141 cm³/mol. The van der Waals surface area contributed by atoms with Crippen LogP contribution < -0.4 is 5.32 Å². The number of fused-ring (bicyclic) bond motifs is 1. The monoisotopic (exact) mass is 478 g/mol. The van der Waals surface area contributed by atoms with Gasteiger partial charge in [-0.1, -0.05) is 78.9 Å². The third-order valence-electron chi connectivity index (χ3n) is 5.90. The van der Waals surface area contributed by atoms with Gasteiger partial charge in [-0.05, 0) is 24.1 Å². The Morgan fingerprint density at radius 3 is 2.14 bits per heavy atom. The lowest BCUT2D eigenvalue weighted by Crippen LogP contribution is -2.16. The highest BCUT2D eigenvalue weighted by atomic mass is 32.1. The van der Waals surface area contributed by atoms with Gasteiger partial charge in [0.15, 0.2) is 0 Å². The number of ether oxygens (including phenoxy) is 1. The first-order valence-electron chi connectivity index (χ1n) is 11.1. The average molecular weight is 479 g/mol. The van der Waals surface area contributed by atoms with Gasteiger partial charge in [0.2, 0.25) is 0 Å². The summed E-state index contributed by atoms with van der Waals surface area (Å²) in [5.41, 5.74) is 5.65. The molecule has 0 saturated heterocycles. The van der Waals surface area contributed by atoms with Gasteiger partial charge in [-0.3, -0.25) is 4.79 Å². The number of thiophene rings is 1. The predicted octanol–water partition coefficient (Wildman–Crippen LogP) is 6.98. The number of rotatable bonds is 5. The number of nitrogens with one attached hydrogen (secondary N) is 1. The minimum absolute atomic E-state index is 0.301. The number of benzene rings is 3. The van der Waals surface area contributed by atoms with E-state index in [2.05, 4.69) is 5.32 Å². The first kappa shape index (κ1) is 22.5. The SMILES string of the molecule is COC(=O)c1c(-c2ccccc2)csc1NC(=O)c1c(C)c(-c2ccccc2)nc2ccccc12. The summed E-state index contributed by atoms with van der Waals surface area (Å²) in [5, 5.41) is 6.06. The number of anilines is 1. The molecule has 3 aromatic carbocycles. The Labute approximate surface area is 207 Å². The molecule has 2 heterocycles. The summed E-state index contributed by atoms with van der Waals surface area (Å²) >= 11 is 1.30. The number of hydrogen-bond donors (Lipinski definition) is 1. The summed E-state index contributed by atoms with van der Waals surface area (Å²) in [4.78, 5) is 31.4. The van der Waals surface area contributed by atoms with Gasteiger partial charge < -0.3 is 10.1 Å². The molecule has 5 nitrogen and oxygen atoms in total. The molecule has 0 aliphatic heterocycles. The first-order valence-corrected chi connectivity index (χ1v) is 12.0. The van der Waals surface area contributed by atoms with Gasteiger partial charge in [0.1, 0.15) is 10.6 Å². The molecule has 1 amide bonds. The molecule has 0 atom stereocenters. The van der Waals surface area contributed by atoms with Crippen molar-refractivity contribution in [1.29, 1.82) is 0 Å². The van der Waals surface area contributed by atoms with Crippen LogP contribution in [0.5, 0.6) is 0 Å². The molecule has 5 rings (SSSR count). The Bertz CT molecular complexity index is 1540.